The van der Waals surface area contributed by atoms with Gasteiger partial charge in [0.15, 0.2) is 0 Å². The molecule has 1 aromatic heterocycles. The van der Waals surface area contributed by atoms with E-state index in [1.807, 2.05) is 26.1 Å². The quantitative estimate of drug-likeness (QED) is 0.528. The second-order valence-electron chi connectivity index (χ2n) is 8.37. The van der Waals surface area contributed by atoms with Gasteiger partial charge in [-0.2, -0.15) is 0 Å². The number of benzene rings is 2. The predicted molar refractivity (Wildman–Crippen MR) is 114 cm³/mol. The summed E-state index contributed by atoms with van der Waals surface area (Å²) in [7, 11) is 0. The van der Waals surface area contributed by atoms with E-state index in [0.717, 1.165) is 33.2 Å². The molecule has 1 saturated heterocycles. The number of fused-ring (bicyclic) bond motifs is 1. The van der Waals surface area contributed by atoms with Crippen molar-refractivity contribution in [3.8, 4) is 0 Å². The Morgan fingerprint density at radius 3 is 2.20 bits per heavy atom. The Bertz CT molecular complexity index is 1040. The van der Waals surface area contributed by atoms with E-state index < -0.39 is 37.1 Å². The summed E-state index contributed by atoms with van der Waals surface area (Å²) in [4.78, 5) is 0. The van der Waals surface area contributed by atoms with E-state index in [1.165, 1.54) is 5.56 Å². The van der Waals surface area contributed by atoms with Gasteiger partial charge in [0, 0.05) is 23.7 Å². The molecule has 160 valence electrons. The highest BCUT2D eigenvalue weighted by molar-refractivity contribution is 5.90. The molecule has 1 aliphatic rings. The summed E-state index contributed by atoms with van der Waals surface area (Å²) in [6.07, 6.45) is -3.92. The monoisotopic (exact) mass is 411 g/mol. The fourth-order valence-electron chi connectivity index (χ4n) is 4.42. The smallest absolute Gasteiger partial charge is 0.114 e. The molecular formula is C24H29NO5. The van der Waals surface area contributed by atoms with Gasteiger partial charge in [0.2, 0.25) is 0 Å². The van der Waals surface area contributed by atoms with Crippen LogP contribution >= 0.6 is 0 Å². The predicted octanol–water partition coefficient (Wildman–Crippen LogP) is 2.13. The molecule has 5 atom stereocenters. The lowest BCUT2D eigenvalue weighted by Crippen LogP contribution is -2.55. The highest BCUT2D eigenvalue weighted by atomic mass is 16.5. The molecule has 1 aliphatic heterocycles. The second-order valence-corrected chi connectivity index (χ2v) is 8.37. The maximum Gasteiger partial charge on any atom is 0.114 e. The number of aryl methyl sites for hydroxylation is 3. The molecule has 0 aliphatic carbocycles. The van der Waals surface area contributed by atoms with E-state index in [-0.39, 0.29) is 0 Å². The summed E-state index contributed by atoms with van der Waals surface area (Å²) in [6, 6.07) is 12.5. The van der Waals surface area contributed by atoms with Crippen molar-refractivity contribution in [3.05, 3.63) is 70.4 Å². The minimum Gasteiger partial charge on any atom is -0.394 e. The average Bonchev–Trinajstić information content (AvgIpc) is 3.11. The third-order valence-electron chi connectivity index (χ3n) is 6.13. The minimum absolute atomic E-state index is 0.443. The van der Waals surface area contributed by atoms with Crippen molar-refractivity contribution in [1.29, 1.82) is 0 Å². The summed E-state index contributed by atoms with van der Waals surface area (Å²) < 4.78 is 8.01. The van der Waals surface area contributed by atoms with Crippen LogP contribution in [0.25, 0.3) is 10.9 Å². The number of aliphatic hydroxyl groups excluding tert-OH is 4. The van der Waals surface area contributed by atoms with Crippen molar-refractivity contribution in [3.63, 3.8) is 0 Å². The first-order valence-corrected chi connectivity index (χ1v) is 10.3. The number of hydrogen-bond acceptors (Lipinski definition) is 5. The zero-order valence-corrected chi connectivity index (χ0v) is 17.5. The third kappa shape index (κ3) is 3.55. The molecule has 1 fully saturated rings. The Morgan fingerprint density at radius 2 is 1.53 bits per heavy atom. The number of hydrogen-bond donors (Lipinski definition) is 4. The Morgan fingerprint density at radius 1 is 0.867 bits per heavy atom. The van der Waals surface area contributed by atoms with Crippen LogP contribution in [0.15, 0.2) is 42.6 Å². The normalized spacial score (nSPS) is 27.0. The van der Waals surface area contributed by atoms with E-state index in [2.05, 4.69) is 41.8 Å². The zero-order valence-electron chi connectivity index (χ0n) is 17.5. The third-order valence-corrected chi connectivity index (χ3v) is 6.13. The molecule has 0 unspecified atom stereocenters. The molecule has 2 heterocycles. The molecular weight excluding hydrogens is 382 g/mol. The first-order chi connectivity index (χ1) is 14.3. The van der Waals surface area contributed by atoms with Crippen LogP contribution in [0.4, 0.5) is 0 Å². The van der Waals surface area contributed by atoms with Gasteiger partial charge in [-0.1, -0.05) is 42.0 Å². The summed E-state index contributed by atoms with van der Waals surface area (Å²) in [5.41, 5.74) is 6.27. The van der Waals surface area contributed by atoms with Gasteiger partial charge in [-0.15, -0.1) is 0 Å². The minimum atomic E-state index is -1.40. The highest BCUT2D eigenvalue weighted by Crippen LogP contribution is 2.39. The molecule has 2 aromatic carbocycles. The SMILES string of the molecule is Cc1ccc(Cn2cc([C@@H]3O[C@H](CO)[C@@H](O)[C@H](O)[C@H]3O)c3c(C)ccc(C)c32)cc1. The van der Waals surface area contributed by atoms with E-state index >= 15 is 0 Å². The van der Waals surface area contributed by atoms with Crippen LogP contribution < -0.4 is 0 Å². The largest absolute Gasteiger partial charge is 0.394 e. The molecule has 30 heavy (non-hydrogen) atoms. The Hall–Kier alpha value is -2.22. The molecule has 0 bridgehead atoms. The molecule has 6 nitrogen and oxygen atoms in total. The van der Waals surface area contributed by atoms with Gasteiger partial charge in [0.1, 0.15) is 30.5 Å². The van der Waals surface area contributed by atoms with Crippen molar-refractivity contribution in [2.24, 2.45) is 0 Å². The molecule has 0 radical (unpaired) electrons. The number of aliphatic hydroxyl groups is 4. The van der Waals surface area contributed by atoms with E-state index in [9.17, 15) is 20.4 Å². The number of rotatable bonds is 4. The molecule has 0 amide bonds. The molecule has 4 N–H and O–H groups in total. The molecule has 6 heteroatoms. The highest BCUT2D eigenvalue weighted by Gasteiger charge is 2.45. The van der Waals surface area contributed by atoms with E-state index in [4.69, 9.17) is 4.74 Å². The zero-order chi connectivity index (χ0) is 21.6. The van der Waals surface area contributed by atoms with Crippen LogP contribution in [0.3, 0.4) is 0 Å². The number of aromatic nitrogens is 1. The number of nitrogens with zero attached hydrogens (tertiary/aromatic N) is 1. The van der Waals surface area contributed by atoms with Gasteiger partial charge in [-0.25, -0.2) is 0 Å². The van der Waals surface area contributed by atoms with Gasteiger partial charge in [0.05, 0.1) is 12.1 Å². The molecule has 4 rings (SSSR count). The summed E-state index contributed by atoms with van der Waals surface area (Å²) in [5.74, 6) is 0. The maximum atomic E-state index is 10.7. The first-order valence-electron chi connectivity index (χ1n) is 10.3. The van der Waals surface area contributed by atoms with Gasteiger partial charge in [0.25, 0.3) is 0 Å². The van der Waals surface area contributed by atoms with Crippen molar-refractivity contribution in [1.82, 2.24) is 4.57 Å². The van der Waals surface area contributed by atoms with Gasteiger partial charge in [-0.05, 0) is 37.5 Å². The Labute approximate surface area is 176 Å². The van der Waals surface area contributed by atoms with Crippen molar-refractivity contribution in [2.75, 3.05) is 6.61 Å². The van der Waals surface area contributed by atoms with Crippen LogP contribution in [0.2, 0.25) is 0 Å². The van der Waals surface area contributed by atoms with Crippen LogP contribution in [-0.4, -0.2) is 56.0 Å². The van der Waals surface area contributed by atoms with E-state index in [0.29, 0.717) is 6.54 Å². The lowest BCUT2D eigenvalue weighted by Gasteiger charge is -2.40. The number of ether oxygens (including phenoxy) is 1. The fraction of sp³-hybridized carbons (Fsp3) is 0.417. The van der Waals surface area contributed by atoms with Crippen molar-refractivity contribution < 1.29 is 25.2 Å². The average molecular weight is 411 g/mol. The summed E-state index contributed by atoms with van der Waals surface area (Å²) in [5, 5.41) is 41.7. The van der Waals surface area contributed by atoms with Crippen molar-refractivity contribution in [2.45, 2.75) is 57.8 Å². The topological polar surface area (TPSA) is 95.1 Å². The first kappa shape index (κ1) is 21.0. The lowest BCUT2D eigenvalue weighted by molar-refractivity contribution is -0.231. The van der Waals surface area contributed by atoms with E-state index in [1.54, 1.807) is 0 Å². The van der Waals surface area contributed by atoms with Crippen LogP contribution in [0, 0.1) is 20.8 Å². The molecule has 0 saturated carbocycles. The molecule has 0 spiro atoms. The fourth-order valence-corrected chi connectivity index (χ4v) is 4.42. The van der Waals surface area contributed by atoms with Crippen LogP contribution in [0.5, 0.6) is 0 Å². The summed E-state index contributed by atoms with van der Waals surface area (Å²) in [6.45, 7) is 6.31. The van der Waals surface area contributed by atoms with Crippen LogP contribution in [0.1, 0.15) is 33.9 Å². The Kier molecular flexibility index (Phi) is 5.70. The van der Waals surface area contributed by atoms with Crippen LogP contribution in [-0.2, 0) is 11.3 Å². The summed E-state index contributed by atoms with van der Waals surface area (Å²) >= 11 is 0. The standard InChI is InChI=1S/C24H29NO5/c1-13-4-8-16(9-5-13)10-25-11-17(19-14(2)6-7-15(3)20(19)25)24-23(29)22(28)21(27)18(12-26)30-24/h4-9,11,18,21-24,26-29H,10,12H2,1-3H3/t18-,21-,22+,23-,24+/m1/s1. The van der Waals surface area contributed by atoms with Gasteiger partial charge >= 0.3 is 0 Å². The maximum absolute atomic E-state index is 10.7. The second kappa shape index (κ2) is 8.13. The Balaban J connectivity index is 1.84. The van der Waals surface area contributed by atoms with Gasteiger partial charge < -0.3 is 29.7 Å². The molecule has 3 aromatic rings. The van der Waals surface area contributed by atoms with Crippen molar-refractivity contribution >= 4 is 10.9 Å². The lowest BCUT2D eigenvalue weighted by atomic mass is 9.90. The van der Waals surface area contributed by atoms with Gasteiger partial charge in [-0.3, -0.25) is 0 Å².